The first-order valence-corrected chi connectivity index (χ1v) is 9.57. The Balaban J connectivity index is 1.68. The molecule has 2 aliphatic rings. The quantitative estimate of drug-likeness (QED) is 0.903. The molecule has 23 heavy (non-hydrogen) atoms. The van der Waals surface area contributed by atoms with Gasteiger partial charge in [0.1, 0.15) is 0 Å². The zero-order chi connectivity index (χ0) is 16.4. The number of nitrogens with zero attached hydrogens (tertiary/aromatic N) is 2. The van der Waals surface area contributed by atoms with Crippen LogP contribution in [0.3, 0.4) is 0 Å². The molecule has 2 aliphatic heterocycles. The lowest BCUT2D eigenvalue weighted by Crippen LogP contribution is -2.47. The average Bonchev–Trinajstić information content (AvgIpc) is 2.58. The smallest absolute Gasteiger partial charge is 0.254 e. The minimum absolute atomic E-state index is 0.144. The molecule has 0 saturated carbocycles. The molecule has 0 bridgehead atoms. The van der Waals surface area contributed by atoms with Crippen LogP contribution in [0.2, 0.25) is 0 Å². The van der Waals surface area contributed by atoms with Crippen LogP contribution in [0.15, 0.2) is 24.3 Å². The van der Waals surface area contributed by atoms with E-state index in [1.54, 1.807) is 0 Å². The number of amides is 1. The predicted octanol–water partition coefficient (Wildman–Crippen LogP) is 2.61. The second-order valence-electron chi connectivity index (χ2n) is 6.58. The van der Waals surface area contributed by atoms with Crippen molar-refractivity contribution >= 4 is 23.4 Å². The standard InChI is InChI=1S/C18H26N2O2S/c1-13-14(2)23-12-11-20(13)18(22)15-3-5-16(6-4-15)19-9-7-17(21)8-10-19/h3-6,13-14,17,21H,7-12H2,1-2H3. The van der Waals surface area contributed by atoms with E-state index in [1.165, 1.54) is 0 Å². The van der Waals surface area contributed by atoms with Gasteiger partial charge in [0, 0.05) is 47.9 Å². The van der Waals surface area contributed by atoms with Gasteiger partial charge in [0.05, 0.1) is 6.10 Å². The molecule has 0 aliphatic carbocycles. The van der Waals surface area contributed by atoms with Crippen LogP contribution < -0.4 is 4.90 Å². The summed E-state index contributed by atoms with van der Waals surface area (Å²) in [5.41, 5.74) is 1.92. The number of anilines is 1. The summed E-state index contributed by atoms with van der Waals surface area (Å²) in [6.45, 7) is 6.93. The van der Waals surface area contributed by atoms with Crippen molar-refractivity contribution in [2.45, 2.75) is 44.1 Å². The Morgan fingerprint density at radius 2 is 1.78 bits per heavy atom. The number of aliphatic hydroxyl groups is 1. The number of piperidine rings is 1. The molecule has 1 amide bonds. The Labute approximate surface area is 142 Å². The van der Waals surface area contributed by atoms with Crippen molar-refractivity contribution in [3.05, 3.63) is 29.8 Å². The first kappa shape index (κ1) is 16.7. The highest BCUT2D eigenvalue weighted by atomic mass is 32.2. The van der Waals surface area contributed by atoms with E-state index in [0.29, 0.717) is 5.25 Å². The van der Waals surface area contributed by atoms with Crippen molar-refractivity contribution in [3.63, 3.8) is 0 Å². The summed E-state index contributed by atoms with van der Waals surface area (Å²) >= 11 is 1.94. The van der Waals surface area contributed by atoms with Gasteiger partial charge in [0.2, 0.25) is 0 Å². The van der Waals surface area contributed by atoms with Crippen LogP contribution in [0.4, 0.5) is 5.69 Å². The highest BCUT2D eigenvalue weighted by Crippen LogP contribution is 2.26. The molecule has 2 atom stereocenters. The number of benzene rings is 1. The van der Waals surface area contributed by atoms with Crippen molar-refractivity contribution in [1.29, 1.82) is 0 Å². The molecule has 4 nitrogen and oxygen atoms in total. The van der Waals surface area contributed by atoms with E-state index in [2.05, 4.69) is 18.7 Å². The molecule has 2 heterocycles. The zero-order valence-corrected chi connectivity index (χ0v) is 14.8. The second kappa shape index (κ2) is 7.14. The van der Waals surface area contributed by atoms with Crippen LogP contribution in [0.1, 0.15) is 37.0 Å². The highest BCUT2D eigenvalue weighted by molar-refractivity contribution is 8.00. The van der Waals surface area contributed by atoms with Crippen LogP contribution in [-0.2, 0) is 0 Å². The molecule has 2 unspecified atom stereocenters. The normalized spacial score (nSPS) is 26.4. The Hall–Kier alpha value is -1.20. The van der Waals surface area contributed by atoms with E-state index in [4.69, 9.17) is 0 Å². The van der Waals surface area contributed by atoms with E-state index in [0.717, 1.165) is 49.5 Å². The van der Waals surface area contributed by atoms with Gasteiger partial charge in [0.15, 0.2) is 0 Å². The summed E-state index contributed by atoms with van der Waals surface area (Å²) in [7, 11) is 0. The predicted molar refractivity (Wildman–Crippen MR) is 96.3 cm³/mol. The lowest BCUT2D eigenvalue weighted by atomic mass is 10.1. The minimum atomic E-state index is -0.160. The Kier molecular flexibility index (Phi) is 5.17. The summed E-state index contributed by atoms with van der Waals surface area (Å²) < 4.78 is 0. The number of rotatable bonds is 2. The van der Waals surface area contributed by atoms with Gasteiger partial charge >= 0.3 is 0 Å². The lowest BCUT2D eigenvalue weighted by molar-refractivity contribution is 0.0698. The van der Waals surface area contributed by atoms with Gasteiger partial charge in [-0.1, -0.05) is 6.92 Å². The average molecular weight is 334 g/mol. The van der Waals surface area contributed by atoms with Gasteiger partial charge in [0.25, 0.3) is 5.91 Å². The van der Waals surface area contributed by atoms with E-state index in [9.17, 15) is 9.90 Å². The number of aliphatic hydroxyl groups excluding tert-OH is 1. The number of thioether (sulfide) groups is 1. The van der Waals surface area contributed by atoms with Gasteiger partial charge in [-0.3, -0.25) is 4.79 Å². The van der Waals surface area contributed by atoms with Crippen molar-refractivity contribution in [2.75, 3.05) is 30.3 Å². The highest BCUT2D eigenvalue weighted by Gasteiger charge is 2.29. The van der Waals surface area contributed by atoms with Crippen molar-refractivity contribution < 1.29 is 9.90 Å². The van der Waals surface area contributed by atoms with Crippen LogP contribution in [-0.4, -0.2) is 58.7 Å². The zero-order valence-electron chi connectivity index (χ0n) is 13.9. The van der Waals surface area contributed by atoms with E-state index < -0.39 is 0 Å². The lowest BCUT2D eigenvalue weighted by Gasteiger charge is -2.37. The first-order chi connectivity index (χ1) is 11.1. The number of hydrogen-bond acceptors (Lipinski definition) is 4. The van der Waals surface area contributed by atoms with Crippen LogP contribution >= 0.6 is 11.8 Å². The molecule has 2 fully saturated rings. The van der Waals surface area contributed by atoms with Gasteiger partial charge in [-0.2, -0.15) is 11.8 Å². The number of carbonyl (C=O) groups is 1. The van der Waals surface area contributed by atoms with Gasteiger partial charge in [-0.15, -0.1) is 0 Å². The molecule has 0 radical (unpaired) electrons. The monoisotopic (exact) mass is 334 g/mol. The third-order valence-corrected chi connectivity index (χ3v) is 6.43. The molecule has 1 N–H and O–H groups in total. The Morgan fingerprint density at radius 3 is 2.43 bits per heavy atom. The van der Waals surface area contributed by atoms with Crippen LogP contribution in [0.5, 0.6) is 0 Å². The Bertz CT molecular complexity index is 540. The summed E-state index contributed by atoms with van der Waals surface area (Å²) in [6.07, 6.45) is 1.48. The van der Waals surface area contributed by atoms with Crippen molar-refractivity contribution in [1.82, 2.24) is 4.90 Å². The summed E-state index contributed by atoms with van der Waals surface area (Å²) in [6, 6.07) is 8.25. The first-order valence-electron chi connectivity index (χ1n) is 8.52. The second-order valence-corrected chi connectivity index (χ2v) is 8.07. The minimum Gasteiger partial charge on any atom is -0.393 e. The fraction of sp³-hybridized carbons (Fsp3) is 0.611. The van der Waals surface area contributed by atoms with E-state index in [-0.39, 0.29) is 18.1 Å². The third kappa shape index (κ3) is 3.66. The van der Waals surface area contributed by atoms with Gasteiger partial charge in [-0.05, 0) is 44.0 Å². The molecule has 2 saturated heterocycles. The summed E-state index contributed by atoms with van der Waals surface area (Å²) in [4.78, 5) is 17.0. The molecular weight excluding hydrogens is 308 g/mol. The van der Waals surface area contributed by atoms with Crippen molar-refractivity contribution in [3.8, 4) is 0 Å². The third-order valence-electron chi connectivity index (χ3n) is 5.09. The molecular formula is C18H26N2O2S. The molecule has 1 aromatic carbocycles. The number of carbonyl (C=O) groups excluding carboxylic acids is 1. The maximum atomic E-state index is 12.8. The van der Waals surface area contributed by atoms with Crippen molar-refractivity contribution in [2.24, 2.45) is 0 Å². The Morgan fingerprint density at radius 1 is 1.13 bits per heavy atom. The SMILES string of the molecule is CC1SCCN(C(=O)c2ccc(N3CCC(O)CC3)cc2)C1C. The summed E-state index contributed by atoms with van der Waals surface area (Å²) in [5, 5.41) is 10.1. The van der Waals surface area contributed by atoms with Gasteiger partial charge in [-0.25, -0.2) is 0 Å². The fourth-order valence-electron chi connectivity index (χ4n) is 3.32. The molecule has 0 aromatic heterocycles. The largest absolute Gasteiger partial charge is 0.393 e. The van der Waals surface area contributed by atoms with E-state index >= 15 is 0 Å². The number of hydrogen-bond donors (Lipinski definition) is 1. The maximum Gasteiger partial charge on any atom is 0.254 e. The van der Waals surface area contributed by atoms with Crippen LogP contribution in [0.25, 0.3) is 0 Å². The molecule has 1 aromatic rings. The van der Waals surface area contributed by atoms with Gasteiger partial charge < -0.3 is 14.9 Å². The molecule has 3 rings (SSSR count). The van der Waals surface area contributed by atoms with E-state index in [1.807, 2.05) is 40.9 Å². The topological polar surface area (TPSA) is 43.8 Å². The van der Waals surface area contributed by atoms with Crippen LogP contribution in [0, 0.1) is 0 Å². The molecule has 0 spiro atoms. The molecule has 5 heteroatoms. The molecule has 126 valence electrons. The maximum absolute atomic E-state index is 12.8. The fourth-order valence-corrected chi connectivity index (χ4v) is 4.42. The summed E-state index contributed by atoms with van der Waals surface area (Å²) in [5.74, 6) is 1.16.